The lowest BCUT2D eigenvalue weighted by Gasteiger charge is -2.09. The molecule has 2 rings (SSSR count). The van der Waals surface area contributed by atoms with Gasteiger partial charge in [-0.1, -0.05) is 29.3 Å². The Bertz CT molecular complexity index is 765. The van der Waals surface area contributed by atoms with E-state index in [4.69, 9.17) is 27.9 Å². The summed E-state index contributed by atoms with van der Waals surface area (Å²) in [4.78, 5) is 23.7. The molecule has 2 aromatic rings. The number of halogens is 3. The highest BCUT2D eigenvalue weighted by Gasteiger charge is 2.15. The molecule has 0 saturated carbocycles. The van der Waals surface area contributed by atoms with Gasteiger partial charge in [-0.15, -0.1) is 0 Å². The van der Waals surface area contributed by atoms with Crippen molar-refractivity contribution in [3.05, 3.63) is 63.4 Å². The van der Waals surface area contributed by atoms with Crippen LogP contribution in [0.5, 0.6) is 0 Å². The second kappa shape index (κ2) is 7.44. The van der Waals surface area contributed by atoms with E-state index in [0.717, 1.165) is 0 Å². The number of carbonyl (C=O) groups is 2. The molecule has 0 aromatic heterocycles. The number of rotatable bonds is 4. The van der Waals surface area contributed by atoms with Gasteiger partial charge < -0.3 is 10.1 Å². The maximum atomic E-state index is 13.2. The van der Waals surface area contributed by atoms with Gasteiger partial charge in [0.25, 0.3) is 5.91 Å². The van der Waals surface area contributed by atoms with Gasteiger partial charge in [-0.05, 0) is 42.8 Å². The van der Waals surface area contributed by atoms with Gasteiger partial charge in [0.05, 0.1) is 10.6 Å². The third-order valence-electron chi connectivity index (χ3n) is 2.96. The van der Waals surface area contributed by atoms with Crippen LogP contribution >= 0.6 is 23.2 Å². The van der Waals surface area contributed by atoms with E-state index in [1.165, 1.54) is 36.4 Å². The Balaban J connectivity index is 1.97. The summed E-state index contributed by atoms with van der Waals surface area (Å²) in [6.07, 6.45) is 0. The molecule has 0 radical (unpaired) electrons. The van der Waals surface area contributed by atoms with Gasteiger partial charge in [-0.25, -0.2) is 9.18 Å². The second-order valence-corrected chi connectivity index (χ2v) is 5.55. The van der Waals surface area contributed by atoms with Gasteiger partial charge in [0.15, 0.2) is 6.61 Å². The molecule has 0 saturated heterocycles. The summed E-state index contributed by atoms with van der Waals surface area (Å²) in [5.74, 6) is -1.84. The second-order valence-electron chi connectivity index (χ2n) is 4.71. The van der Waals surface area contributed by atoms with E-state index in [1.54, 1.807) is 6.92 Å². The first kappa shape index (κ1) is 17.2. The van der Waals surface area contributed by atoms with E-state index in [0.29, 0.717) is 16.3 Å². The molecule has 0 unspecified atom stereocenters. The Kier molecular flexibility index (Phi) is 5.58. The van der Waals surface area contributed by atoms with Crippen molar-refractivity contribution in [3.8, 4) is 0 Å². The Morgan fingerprint density at radius 3 is 2.65 bits per heavy atom. The van der Waals surface area contributed by atoms with Crippen molar-refractivity contribution in [2.24, 2.45) is 0 Å². The third-order valence-corrected chi connectivity index (χ3v) is 3.52. The monoisotopic (exact) mass is 355 g/mol. The van der Waals surface area contributed by atoms with Crippen LogP contribution in [-0.2, 0) is 9.53 Å². The Hall–Kier alpha value is -2.11. The summed E-state index contributed by atoms with van der Waals surface area (Å²) < 4.78 is 18.0. The van der Waals surface area contributed by atoms with Crippen molar-refractivity contribution >= 4 is 40.8 Å². The lowest BCUT2D eigenvalue weighted by Crippen LogP contribution is -2.21. The first-order valence-corrected chi connectivity index (χ1v) is 7.30. The van der Waals surface area contributed by atoms with Crippen molar-refractivity contribution in [3.63, 3.8) is 0 Å². The molecule has 120 valence electrons. The molecule has 0 fully saturated rings. The first-order valence-electron chi connectivity index (χ1n) is 6.55. The highest BCUT2D eigenvalue weighted by Crippen LogP contribution is 2.21. The Morgan fingerprint density at radius 1 is 1.17 bits per heavy atom. The molecule has 1 N–H and O–H groups in total. The number of hydrogen-bond donors (Lipinski definition) is 1. The van der Waals surface area contributed by atoms with Crippen LogP contribution in [-0.4, -0.2) is 18.5 Å². The molecule has 1 amide bonds. The lowest BCUT2D eigenvalue weighted by molar-refractivity contribution is -0.119. The topological polar surface area (TPSA) is 55.4 Å². The predicted octanol–water partition coefficient (Wildman–Crippen LogP) is 4.24. The average Bonchev–Trinajstić information content (AvgIpc) is 2.51. The molecule has 0 bridgehead atoms. The van der Waals surface area contributed by atoms with E-state index in [-0.39, 0.29) is 10.6 Å². The van der Waals surface area contributed by atoms with E-state index in [2.05, 4.69) is 5.32 Å². The predicted molar refractivity (Wildman–Crippen MR) is 86.5 cm³/mol. The normalized spacial score (nSPS) is 10.3. The summed E-state index contributed by atoms with van der Waals surface area (Å²) >= 11 is 11.7. The van der Waals surface area contributed by atoms with E-state index >= 15 is 0 Å². The van der Waals surface area contributed by atoms with Crippen LogP contribution in [0.15, 0.2) is 36.4 Å². The molecule has 4 nitrogen and oxygen atoms in total. The summed E-state index contributed by atoms with van der Waals surface area (Å²) in [6.45, 7) is 1.18. The zero-order valence-corrected chi connectivity index (χ0v) is 13.5. The largest absolute Gasteiger partial charge is 0.452 e. The Labute approximate surface area is 142 Å². The van der Waals surface area contributed by atoms with Crippen molar-refractivity contribution < 1.29 is 18.7 Å². The lowest BCUT2D eigenvalue weighted by atomic mass is 10.2. The molecule has 0 spiro atoms. The minimum absolute atomic E-state index is 0.0638. The van der Waals surface area contributed by atoms with Gasteiger partial charge in [0.1, 0.15) is 5.82 Å². The molecule has 0 aliphatic heterocycles. The SMILES string of the molecule is Cc1ccc(F)cc1NC(=O)COC(=O)c1cc(Cl)ccc1Cl. The summed E-state index contributed by atoms with van der Waals surface area (Å²) in [5, 5.41) is 2.96. The molecular formula is C16H12Cl2FNO3. The van der Waals surface area contributed by atoms with Crippen LogP contribution < -0.4 is 5.32 Å². The fraction of sp³-hybridized carbons (Fsp3) is 0.125. The third kappa shape index (κ3) is 4.68. The molecule has 0 heterocycles. The van der Waals surface area contributed by atoms with E-state index in [9.17, 15) is 14.0 Å². The van der Waals surface area contributed by atoms with Crippen LogP contribution in [0, 0.1) is 12.7 Å². The summed E-state index contributed by atoms with van der Waals surface area (Å²) in [5.41, 5.74) is 1.06. The number of hydrogen-bond acceptors (Lipinski definition) is 3. The molecule has 0 aliphatic carbocycles. The molecular weight excluding hydrogens is 344 g/mol. The quantitative estimate of drug-likeness (QED) is 0.834. The van der Waals surface area contributed by atoms with Gasteiger partial charge in [-0.3, -0.25) is 4.79 Å². The van der Waals surface area contributed by atoms with Crippen LogP contribution in [0.2, 0.25) is 10.0 Å². The molecule has 0 aliphatic rings. The zero-order valence-electron chi connectivity index (χ0n) is 12.0. The molecule has 2 aromatic carbocycles. The number of aryl methyl sites for hydroxylation is 1. The number of anilines is 1. The standard InChI is InChI=1S/C16H12Cl2FNO3/c1-9-2-4-11(19)7-14(9)20-15(21)8-23-16(22)12-6-10(17)3-5-13(12)18/h2-7H,8H2,1H3,(H,20,21). The van der Waals surface area contributed by atoms with Gasteiger partial charge in [0, 0.05) is 10.7 Å². The van der Waals surface area contributed by atoms with Gasteiger partial charge in [-0.2, -0.15) is 0 Å². The molecule has 23 heavy (non-hydrogen) atoms. The minimum atomic E-state index is -0.774. The number of amides is 1. The number of carbonyl (C=O) groups excluding carboxylic acids is 2. The van der Waals surface area contributed by atoms with E-state index in [1.807, 2.05) is 0 Å². The fourth-order valence-corrected chi connectivity index (χ4v) is 2.14. The zero-order chi connectivity index (χ0) is 17.0. The summed E-state index contributed by atoms with van der Waals surface area (Å²) in [6, 6.07) is 8.33. The molecule has 0 atom stereocenters. The number of ether oxygens (including phenoxy) is 1. The van der Waals surface area contributed by atoms with Gasteiger partial charge >= 0.3 is 5.97 Å². The number of benzene rings is 2. The van der Waals surface area contributed by atoms with Crippen LogP contribution in [0.1, 0.15) is 15.9 Å². The maximum absolute atomic E-state index is 13.2. The van der Waals surface area contributed by atoms with Crippen molar-refractivity contribution in [2.45, 2.75) is 6.92 Å². The van der Waals surface area contributed by atoms with Crippen molar-refractivity contribution in [1.82, 2.24) is 0 Å². The minimum Gasteiger partial charge on any atom is -0.452 e. The smallest absolute Gasteiger partial charge is 0.340 e. The first-order chi connectivity index (χ1) is 10.9. The van der Waals surface area contributed by atoms with E-state index < -0.39 is 24.3 Å². The van der Waals surface area contributed by atoms with Crippen LogP contribution in [0.3, 0.4) is 0 Å². The number of nitrogens with one attached hydrogen (secondary N) is 1. The highest BCUT2D eigenvalue weighted by molar-refractivity contribution is 6.35. The van der Waals surface area contributed by atoms with Crippen LogP contribution in [0.25, 0.3) is 0 Å². The van der Waals surface area contributed by atoms with Crippen molar-refractivity contribution in [1.29, 1.82) is 0 Å². The fourth-order valence-electron chi connectivity index (χ4n) is 1.78. The number of esters is 1. The Morgan fingerprint density at radius 2 is 1.91 bits per heavy atom. The van der Waals surface area contributed by atoms with Crippen LogP contribution in [0.4, 0.5) is 10.1 Å². The average molecular weight is 356 g/mol. The maximum Gasteiger partial charge on any atom is 0.340 e. The summed E-state index contributed by atoms with van der Waals surface area (Å²) in [7, 11) is 0. The highest BCUT2D eigenvalue weighted by atomic mass is 35.5. The van der Waals surface area contributed by atoms with Crippen molar-refractivity contribution in [2.75, 3.05) is 11.9 Å². The molecule has 7 heteroatoms. The van der Waals surface area contributed by atoms with Gasteiger partial charge in [0.2, 0.25) is 0 Å².